The molecule has 1 amide bonds. The van der Waals surface area contributed by atoms with E-state index in [9.17, 15) is 13.2 Å². The molecule has 2 fully saturated rings. The van der Waals surface area contributed by atoms with Crippen LogP contribution in [-0.2, 0) is 14.8 Å². The topological polar surface area (TPSA) is 66.8 Å². The Bertz CT molecular complexity index is 772. The van der Waals surface area contributed by atoms with Gasteiger partial charge in [0.2, 0.25) is 5.91 Å². The highest BCUT2D eigenvalue weighted by atomic mass is 35.5. The molecule has 1 saturated heterocycles. The minimum absolute atomic E-state index is 0.00976. The van der Waals surface area contributed by atoms with Crippen molar-refractivity contribution in [1.82, 2.24) is 4.90 Å². The van der Waals surface area contributed by atoms with Crippen molar-refractivity contribution in [3.8, 4) is 0 Å². The fourth-order valence-electron chi connectivity index (χ4n) is 3.24. The zero-order chi connectivity index (χ0) is 18.0. The molecule has 136 valence electrons. The van der Waals surface area contributed by atoms with Crippen molar-refractivity contribution in [2.24, 2.45) is 4.40 Å². The Hall–Kier alpha value is -1.05. The summed E-state index contributed by atoms with van der Waals surface area (Å²) in [7, 11) is -3.87. The summed E-state index contributed by atoms with van der Waals surface area (Å²) in [5.41, 5.74) is 0. The van der Waals surface area contributed by atoms with Gasteiger partial charge in [-0.15, -0.1) is 4.40 Å². The maximum absolute atomic E-state index is 12.7. The summed E-state index contributed by atoms with van der Waals surface area (Å²) in [6, 6.07) is 5.98. The molecular weight excluding hydrogens is 380 g/mol. The molecule has 0 radical (unpaired) electrons. The number of halogens is 1. The first-order chi connectivity index (χ1) is 11.9. The van der Waals surface area contributed by atoms with Gasteiger partial charge >= 0.3 is 0 Å². The average molecular weight is 401 g/mol. The van der Waals surface area contributed by atoms with Crippen LogP contribution in [0.5, 0.6) is 0 Å². The van der Waals surface area contributed by atoms with Crippen molar-refractivity contribution < 1.29 is 13.2 Å². The lowest BCUT2D eigenvalue weighted by atomic mass is 9.94. The highest BCUT2D eigenvalue weighted by molar-refractivity contribution is 8.16. The monoisotopic (exact) mass is 400 g/mol. The molecule has 8 heteroatoms. The lowest BCUT2D eigenvalue weighted by Gasteiger charge is -2.30. The van der Waals surface area contributed by atoms with Crippen LogP contribution < -0.4 is 0 Å². The van der Waals surface area contributed by atoms with Crippen LogP contribution in [0.15, 0.2) is 33.6 Å². The second-order valence-corrected chi connectivity index (χ2v) is 9.53. The van der Waals surface area contributed by atoms with Crippen LogP contribution in [0.25, 0.3) is 0 Å². The Morgan fingerprint density at radius 2 is 1.84 bits per heavy atom. The number of sulfonamides is 1. The van der Waals surface area contributed by atoms with Crippen LogP contribution in [-0.4, -0.2) is 35.7 Å². The highest BCUT2D eigenvalue weighted by Gasteiger charge is 2.42. The van der Waals surface area contributed by atoms with Gasteiger partial charge in [0.25, 0.3) is 10.0 Å². The lowest BCUT2D eigenvalue weighted by Crippen LogP contribution is -2.42. The number of benzene rings is 1. The van der Waals surface area contributed by atoms with E-state index >= 15 is 0 Å². The van der Waals surface area contributed by atoms with Gasteiger partial charge in [-0.25, -0.2) is 0 Å². The molecule has 1 aromatic carbocycles. The van der Waals surface area contributed by atoms with E-state index in [2.05, 4.69) is 4.40 Å². The van der Waals surface area contributed by atoms with Gasteiger partial charge in [0, 0.05) is 11.1 Å². The first-order valence-electron chi connectivity index (χ1n) is 8.52. The summed E-state index contributed by atoms with van der Waals surface area (Å²) in [6.07, 6.45) is 5.76. The third-order valence-electron chi connectivity index (χ3n) is 4.59. The van der Waals surface area contributed by atoms with E-state index in [1.165, 1.54) is 42.4 Å². The van der Waals surface area contributed by atoms with Crippen molar-refractivity contribution in [2.75, 3.05) is 0 Å². The van der Waals surface area contributed by atoms with E-state index in [0.29, 0.717) is 16.6 Å². The van der Waals surface area contributed by atoms with Gasteiger partial charge < -0.3 is 0 Å². The molecule has 25 heavy (non-hydrogen) atoms. The molecule has 1 heterocycles. The molecule has 1 aliphatic carbocycles. The Balaban J connectivity index is 1.95. The summed E-state index contributed by atoms with van der Waals surface area (Å²) in [4.78, 5) is 14.5. The Morgan fingerprint density at radius 1 is 1.20 bits per heavy atom. The Kier molecular flexibility index (Phi) is 5.75. The third kappa shape index (κ3) is 4.04. The number of amidine groups is 1. The predicted octanol–water partition coefficient (Wildman–Crippen LogP) is 4.07. The number of carbonyl (C=O) groups excluding carboxylic acids is 1. The van der Waals surface area contributed by atoms with Crippen molar-refractivity contribution in [2.45, 2.75) is 61.6 Å². The summed E-state index contributed by atoms with van der Waals surface area (Å²) in [6.45, 7) is 1.94. The van der Waals surface area contributed by atoms with Gasteiger partial charge in [-0.1, -0.05) is 49.5 Å². The minimum Gasteiger partial charge on any atom is -0.287 e. The summed E-state index contributed by atoms with van der Waals surface area (Å²) < 4.78 is 29.3. The van der Waals surface area contributed by atoms with E-state index in [1.807, 2.05) is 6.92 Å². The molecule has 3 rings (SSSR count). The second-order valence-electron chi connectivity index (χ2n) is 6.32. The number of amides is 1. The van der Waals surface area contributed by atoms with Crippen LogP contribution in [0.2, 0.25) is 5.02 Å². The number of hydrogen-bond acceptors (Lipinski definition) is 4. The maximum atomic E-state index is 12.7. The molecule has 1 saturated carbocycles. The summed E-state index contributed by atoms with van der Waals surface area (Å²) in [5.74, 6) is -0.00976. The van der Waals surface area contributed by atoms with Crippen LogP contribution in [0.1, 0.15) is 45.4 Å². The van der Waals surface area contributed by atoms with Gasteiger partial charge in [-0.05, 0) is 43.5 Å². The predicted molar refractivity (Wildman–Crippen MR) is 101 cm³/mol. The van der Waals surface area contributed by atoms with Gasteiger partial charge in [0.05, 0.1) is 10.1 Å². The SMILES string of the molecule is CC[C@@H]1SC(=NS(=O)(=O)c2ccc(Cl)cc2)N(C2CCCCC2)C1=O. The van der Waals surface area contributed by atoms with Crippen LogP contribution in [0.4, 0.5) is 0 Å². The van der Waals surface area contributed by atoms with E-state index in [4.69, 9.17) is 11.6 Å². The molecule has 1 aliphatic heterocycles. The number of nitrogens with zero attached hydrogens (tertiary/aromatic N) is 2. The van der Waals surface area contributed by atoms with Crippen molar-refractivity contribution in [3.63, 3.8) is 0 Å². The first kappa shape index (κ1) is 18.7. The van der Waals surface area contributed by atoms with Crippen LogP contribution >= 0.6 is 23.4 Å². The molecule has 0 bridgehead atoms. The first-order valence-corrected chi connectivity index (χ1v) is 11.2. The van der Waals surface area contributed by atoms with Crippen LogP contribution in [0, 0.1) is 0 Å². The second kappa shape index (κ2) is 7.68. The zero-order valence-corrected chi connectivity index (χ0v) is 16.4. The minimum atomic E-state index is -3.87. The van der Waals surface area contributed by atoms with Crippen molar-refractivity contribution in [1.29, 1.82) is 0 Å². The van der Waals surface area contributed by atoms with E-state index in [0.717, 1.165) is 25.7 Å². The van der Waals surface area contributed by atoms with Gasteiger partial charge in [-0.3, -0.25) is 9.69 Å². The molecule has 0 unspecified atom stereocenters. The Morgan fingerprint density at radius 3 is 2.44 bits per heavy atom. The maximum Gasteiger partial charge on any atom is 0.284 e. The van der Waals surface area contributed by atoms with Gasteiger partial charge in [-0.2, -0.15) is 8.42 Å². The zero-order valence-electron chi connectivity index (χ0n) is 14.0. The molecule has 2 aliphatic rings. The lowest BCUT2D eigenvalue weighted by molar-refractivity contribution is -0.128. The van der Waals surface area contributed by atoms with E-state index in [1.54, 1.807) is 4.90 Å². The number of rotatable bonds is 4. The van der Waals surface area contributed by atoms with E-state index in [-0.39, 0.29) is 22.1 Å². The quantitative estimate of drug-likeness (QED) is 0.763. The highest BCUT2D eigenvalue weighted by Crippen LogP contribution is 2.36. The third-order valence-corrected chi connectivity index (χ3v) is 7.55. The van der Waals surface area contributed by atoms with Gasteiger partial charge in [0.1, 0.15) is 0 Å². The fourth-order valence-corrected chi connectivity index (χ4v) is 5.70. The molecule has 5 nitrogen and oxygen atoms in total. The molecule has 0 aromatic heterocycles. The molecule has 1 aromatic rings. The summed E-state index contributed by atoms with van der Waals surface area (Å²) in [5, 5.41) is 0.534. The molecular formula is C17H21ClN2O3S2. The molecule has 0 N–H and O–H groups in total. The standard InChI is InChI=1S/C17H21ClN2O3S2/c1-2-15-16(21)20(13-6-4-3-5-7-13)17(24-15)19-25(22,23)14-10-8-12(18)9-11-14/h8-11,13,15H,2-7H2,1H3/t15-/m0/s1. The number of carbonyl (C=O) groups is 1. The Labute approximate surface area is 157 Å². The van der Waals surface area contributed by atoms with E-state index < -0.39 is 10.0 Å². The largest absolute Gasteiger partial charge is 0.287 e. The fraction of sp³-hybridized carbons (Fsp3) is 0.529. The number of thioether (sulfide) groups is 1. The normalized spacial score (nSPS) is 24.2. The summed E-state index contributed by atoms with van der Waals surface area (Å²) >= 11 is 7.09. The van der Waals surface area contributed by atoms with Crippen LogP contribution in [0.3, 0.4) is 0 Å². The van der Waals surface area contributed by atoms with Gasteiger partial charge in [0.15, 0.2) is 5.17 Å². The molecule has 0 spiro atoms. The number of hydrogen-bond donors (Lipinski definition) is 0. The average Bonchev–Trinajstić information content (AvgIpc) is 2.90. The smallest absolute Gasteiger partial charge is 0.284 e. The van der Waals surface area contributed by atoms with Crippen molar-refractivity contribution >= 4 is 44.5 Å². The molecule has 1 atom stereocenters. The van der Waals surface area contributed by atoms with Crippen molar-refractivity contribution in [3.05, 3.63) is 29.3 Å².